The average Bonchev–Trinajstić information content (AvgIpc) is 2.37. The molecule has 0 unspecified atom stereocenters. The van der Waals surface area contributed by atoms with Crippen LogP contribution in [0.15, 0.2) is 36.4 Å². The number of hydrogen-bond donors (Lipinski definition) is 2. The largest absolute Gasteiger partial charge is 0.456 e. The van der Waals surface area contributed by atoms with E-state index in [1.54, 1.807) is 6.07 Å². The van der Waals surface area contributed by atoms with Gasteiger partial charge in [0.05, 0.1) is 5.56 Å². The minimum atomic E-state index is -0.560. The van der Waals surface area contributed by atoms with E-state index in [9.17, 15) is 4.39 Å². The molecule has 0 spiro atoms. The van der Waals surface area contributed by atoms with E-state index in [1.807, 2.05) is 25.1 Å². The highest BCUT2D eigenvalue weighted by atomic mass is 19.1. The van der Waals surface area contributed by atoms with Gasteiger partial charge in [-0.3, -0.25) is 5.41 Å². The molecule has 0 bridgehead atoms. The highest BCUT2D eigenvalue weighted by Gasteiger charge is 2.14. The van der Waals surface area contributed by atoms with Crippen LogP contribution < -0.4 is 10.5 Å². The number of nitrogens with one attached hydrogen (secondary N) is 1. The van der Waals surface area contributed by atoms with E-state index in [0.29, 0.717) is 11.7 Å². The molecular formula is C17H19FN2O. The van der Waals surface area contributed by atoms with Gasteiger partial charge >= 0.3 is 0 Å². The van der Waals surface area contributed by atoms with E-state index in [0.717, 1.165) is 5.56 Å². The first kappa shape index (κ1) is 15.0. The zero-order valence-corrected chi connectivity index (χ0v) is 12.4. The van der Waals surface area contributed by atoms with Gasteiger partial charge in [-0.1, -0.05) is 26.0 Å². The van der Waals surface area contributed by atoms with Gasteiger partial charge in [0.15, 0.2) is 0 Å². The van der Waals surface area contributed by atoms with Crippen LogP contribution in [0.3, 0.4) is 0 Å². The second kappa shape index (κ2) is 5.95. The molecule has 2 aromatic carbocycles. The van der Waals surface area contributed by atoms with Crippen molar-refractivity contribution in [3.05, 3.63) is 58.9 Å². The zero-order valence-electron chi connectivity index (χ0n) is 12.4. The van der Waals surface area contributed by atoms with Gasteiger partial charge in [-0.2, -0.15) is 0 Å². The molecule has 3 nitrogen and oxygen atoms in total. The molecule has 0 saturated carbocycles. The molecule has 3 N–H and O–H groups in total. The van der Waals surface area contributed by atoms with Gasteiger partial charge in [0.1, 0.15) is 23.2 Å². The summed E-state index contributed by atoms with van der Waals surface area (Å²) in [5.41, 5.74) is 7.77. The summed E-state index contributed by atoms with van der Waals surface area (Å²) in [5, 5.41) is 7.47. The number of amidine groups is 1. The highest BCUT2D eigenvalue weighted by molar-refractivity contribution is 5.98. The number of ether oxygens (including phenoxy) is 1. The van der Waals surface area contributed by atoms with Crippen LogP contribution in [0.2, 0.25) is 0 Å². The van der Waals surface area contributed by atoms with Gasteiger partial charge in [-0.05, 0) is 48.2 Å². The Balaban J connectivity index is 2.37. The molecule has 0 heterocycles. The standard InChI is InChI=1S/C17H19FN2O/c1-10(2)13-8-7-12(9-11(13)3)21-15-6-4-5-14(18)16(15)17(19)20/h4-10H,1-3H3,(H3,19,20). The van der Waals surface area contributed by atoms with Crippen LogP contribution in [0.25, 0.3) is 0 Å². The number of hydrogen-bond acceptors (Lipinski definition) is 2. The zero-order chi connectivity index (χ0) is 15.6. The summed E-state index contributed by atoms with van der Waals surface area (Å²) in [6.07, 6.45) is 0. The van der Waals surface area contributed by atoms with Crippen molar-refractivity contribution in [1.82, 2.24) is 0 Å². The molecule has 0 aliphatic carbocycles. The second-order valence-corrected chi connectivity index (χ2v) is 5.30. The Labute approximate surface area is 124 Å². The Morgan fingerprint density at radius 3 is 2.52 bits per heavy atom. The second-order valence-electron chi connectivity index (χ2n) is 5.30. The third-order valence-electron chi connectivity index (χ3n) is 3.34. The lowest BCUT2D eigenvalue weighted by molar-refractivity contribution is 0.474. The molecule has 0 aromatic heterocycles. The Morgan fingerprint density at radius 1 is 1.24 bits per heavy atom. The van der Waals surface area contributed by atoms with E-state index < -0.39 is 5.82 Å². The van der Waals surface area contributed by atoms with E-state index in [1.165, 1.54) is 17.7 Å². The van der Waals surface area contributed by atoms with Crippen molar-refractivity contribution < 1.29 is 9.13 Å². The van der Waals surface area contributed by atoms with Gasteiger partial charge in [-0.15, -0.1) is 0 Å². The third-order valence-corrected chi connectivity index (χ3v) is 3.34. The van der Waals surface area contributed by atoms with Gasteiger partial charge in [-0.25, -0.2) is 4.39 Å². The van der Waals surface area contributed by atoms with Gasteiger partial charge in [0, 0.05) is 0 Å². The van der Waals surface area contributed by atoms with Crippen molar-refractivity contribution in [2.24, 2.45) is 5.73 Å². The molecule has 21 heavy (non-hydrogen) atoms. The number of nitrogen functional groups attached to an aromatic ring is 1. The minimum Gasteiger partial charge on any atom is -0.456 e. The summed E-state index contributed by atoms with van der Waals surface area (Å²) in [5.74, 6) is 0.374. The molecular weight excluding hydrogens is 267 g/mol. The van der Waals surface area contributed by atoms with Crippen LogP contribution >= 0.6 is 0 Å². The summed E-state index contributed by atoms with van der Waals surface area (Å²) in [4.78, 5) is 0. The topological polar surface area (TPSA) is 59.1 Å². The molecule has 0 saturated heterocycles. The normalized spacial score (nSPS) is 10.7. The quantitative estimate of drug-likeness (QED) is 0.649. The summed E-state index contributed by atoms with van der Waals surface area (Å²) in [6, 6.07) is 10.2. The van der Waals surface area contributed by atoms with E-state index in [-0.39, 0.29) is 17.1 Å². The maximum atomic E-state index is 13.8. The molecule has 0 atom stereocenters. The fourth-order valence-electron chi connectivity index (χ4n) is 2.34. The Hall–Kier alpha value is -2.36. The van der Waals surface area contributed by atoms with Crippen LogP contribution in [0.4, 0.5) is 4.39 Å². The Kier molecular flexibility index (Phi) is 4.26. The lowest BCUT2D eigenvalue weighted by atomic mass is 9.98. The predicted octanol–water partition coefficient (Wildman–Crippen LogP) is 4.33. The molecule has 110 valence electrons. The predicted molar refractivity (Wildman–Crippen MR) is 82.8 cm³/mol. The fraction of sp³-hybridized carbons (Fsp3) is 0.235. The average molecular weight is 286 g/mol. The molecule has 0 aliphatic rings. The number of rotatable bonds is 4. The first-order chi connectivity index (χ1) is 9.90. The summed E-state index contributed by atoms with van der Waals surface area (Å²) in [6.45, 7) is 6.27. The van der Waals surface area contributed by atoms with Crippen molar-refractivity contribution in [2.45, 2.75) is 26.7 Å². The van der Waals surface area contributed by atoms with Crippen LogP contribution in [-0.2, 0) is 0 Å². The Morgan fingerprint density at radius 2 is 1.95 bits per heavy atom. The number of halogens is 1. The summed E-state index contributed by atoms with van der Waals surface area (Å²) < 4.78 is 19.5. The van der Waals surface area contributed by atoms with Crippen molar-refractivity contribution in [2.75, 3.05) is 0 Å². The fourth-order valence-corrected chi connectivity index (χ4v) is 2.34. The van der Waals surface area contributed by atoms with Crippen LogP contribution in [0, 0.1) is 18.2 Å². The van der Waals surface area contributed by atoms with Crippen LogP contribution in [0.5, 0.6) is 11.5 Å². The van der Waals surface area contributed by atoms with E-state index >= 15 is 0 Å². The summed E-state index contributed by atoms with van der Waals surface area (Å²) >= 11 is 0. The monoisotopic (exact) mass is 286 g/mol. The highest BCUT2D eigenvalue weighted by Crippen LogP contribution is 2.29. The van der Waals surface area contributed by atoms with Crippen molar-refractivity contribution in [1.29, 1.82) is 5.41 Å². The van der Waals surface area contributed by atoms with Gasteiger partial charge in [0.2, 0.25) is 0 Å². The maximum Gasteiger partial charge on any atom is 0.141 e. The van der Waals surface area contributed by atoms with Crippen LogP contribution in [-0.4, -0.2) is 5.84 Å². The lowest BCUT2D eigenvalue weighted by Gasteiger charge is -2.14. The lowest BCUT2D eigenvalue weighted by Crippen LogP contribution is -2.14. The smallest absolute Gasteiger partial charge is 0.141 e. The van der Waals surface area contributed by atoms with Crippen molar-refractivity contribution >= 4 is 5.84 Å². The molecule has 4 heteroatoms. The van der Waals surface area contributed by atoms with Gasteiger partial charge in [0.25, 0.3) is 0 Å². The molecule has 0 radical (unpaired) electrons. The molecule has 2 aromatic rings. The first-order valence-electron chi connectivity index (χ1n) is 6.81. The summed E-state index contributed by atoms with van der Waals surface area (Å²) in [7, 11) is 0. The van der Waals surface area contributed by atoms with E-state index in [4.69, 9.17) is 15.9 Å². The molecule has 0 amide bonds. The van der Waals surface area contributed by atoms with Crippen LogP contribution in [0.1, 0.15) is 36.5 Å². The van der Waals surface area contributed by atoms with E-state index in [2.05, 4.69) is 13.8 Å². The molecule has 0 fully saturated rings. The minimum absolute atomic E-state index is 0.0110. The first-order valence-corrected chi connectivity index (χ1v) is 6.81. The molecule has 2 rings (SSSR count). The van der Waals surface area contributed by atoms with Crippen molar-refractivity contribution in [3.8, 4) is 11.5 Å². The number of aryl methyl sites for hydroxylation is 1. The number of nitrogens with two attached hydrogens (primary N) is 1. The maximum absolute atomic E-state index is 13.8. The molecule has 0 aliphatic heterocycles. The SMILES string of the molecule is Cc1cc(Oc2cccc(F)c2C(=N)N)ccc1C(C)C. The Bertz CT molecular complexity index is 680. The number of benzene rings is 2. The third kappa shape index (κ3) is 3.21. The van der Waals surface area contributed by atoms with Crippen molar-refractivity contribution in [3.63, 3.8) is 0 Å². The van der Waals surface area contributed by atoms with Gasteiger partial charge < -0.3 is 10.5 Å².